The van der Waals surface area contributed by atoms with Gasteiger partial charge in [0, 0.05) is 35.5 Å². The maximum Gasteiger partial charge on any atom is 0.164 e. The highest BCUT2D eigenvalue weighted by Crippen LogP contribution is 2.67. The lowest BCUT2D eigenvalue weighted by Gasteiger charge is -2.57. The van der Waals surface area contributed by atoms with Gasteiger partial charge in [0.25, 0.3) is 0 Å². The molecule has 3 saturated heterocycles. The predicted molar refractivity (Wildman–Crippen MR) is 137 cm³/mol. The zero-order valence-electron chi connectivity index (χ0n) is 23.7. The molecule has 2 aliphatic carbocycles. The van der Waals surface area contributed by atoms with E-state index in [1.54, 1.807) is 0 Å². The number of aliphatic hydroxyl groups is 1. The monoisotopic (exact) mass is 504 g/mol. The van der Waals surface area contributed by atoms with Crippen molar-refractivity contribution in [3.8, 4) is 0 Å². The highest BCUT2D eigenvalue weighted by Gasteiger charge is 2.70. The van der Waals surface area contributed by atoms with E-state index >= 15 is 0 Å². The van der Waals surface area contributed by atoms with Gasteiger partial charge in [-0.3, -0.25) is 9.59 Å². The Hall–Kier alpha value is -0.820. The van der Waals surface area contributed by atoms with Crippen LogP contribution in [0.5, 0.6) is 0 Å². The van der Waals surface area contributed by atoms with Crippen molar-refractivity contribution in [3.05, 3.63) is 0 Å². The standard InChI is InChI=1S/C30H48O6/c1-18-9-10-22-28(7,15-12-21(33)25(2,3)34-22)30(18)17-19(31)24(36-30)29(8)16-13-23-27(29,6)14-11-20(32)26(4,5)35-23/h18-19,22-24,31H,9-17H2,1-8H3/t18-,19-,22-,23?,24-,27+,28?,29+,30-/m0/s1. The van der Waals surface area contributed by atoms with E-state index in [4.69, 9.17) is 14.2 Å². The average molecular weight is 505 g/mol. The lowest BCUT2D eigenvalue weighted by molar-refractivity contribution is -0.254. The molecule has 0 bridgehead atoms. The van der Waals surface area contributed by atoms with Gasteiger partial charge >= 0.3 is 0 Å². The number of ether oxygens (including phenoxy) is 3. The molecule has 2 unspecified atom stereocenters. The summed E-state index contributed by atoms with van der Waals surface area (Å²) < 4.78 is 20.3. The Morgan fingerprint density at radius 2 is 1.22 bits per heavy atom. The zero-order chi connectivity index (χ0) is 26.5. The van der Waals surface area contributed by atoms with E-state index in [1.807, 2.05) is 27.7 Å². The molecule has 0 aromatic rings. The molecule has 9 atom stereocenters. The summed E-state index contributed by atoms with van der Waals surface area (Å²) >= 11 is 0. The highest BCUT2D eigenvalue weighted by atomic mass is 16.6. The quantitative estimate of drug-likeness (QED) is 0.530. The van der Waals surface area contributed by atoms with Gasteiger partial charge in [0.15, 0.2) is 11.6 Å². The van der Waals surface area contributed by atoms with E-state index in [-0.39, 0.29) is 52.0 Å². The SMILES string of the molecule is C[C@H]1CC[C@@H]2OC(C)(C)C(=O)CCC2(C)[C@]12C[C@H](O)[C@@H]([C@@]1(C)CCC3OC(C)(C)C(=O)CC[C@]31C)O2. The van der Waals surface area contributed by atoms with Crippen LogP contribution in [0.1, 0.15) is 113 Å². The molecule has 1 spiro atoms. The van der Waals surface area contributed by atoms with Gasteiger partial charge in [-0.25, -0.2) is 0 Å². The molecule has 2 saturated carbocycles. The van der Waals surface area contributed by atoms with Crippen LogP contribution in [0.4, 0.5) is 0 Å². The zero-order valence-corrected chi connectivity index (χ0v) is 23.7. The largest absolute Gasteiger partial charge is 0.390 e. The van der Waals surface area contributed by atoms with E-state index in [9.17, 15) is 14.7 Å². The van der Waals surface area contributed by atoms with Crippen molar-refractivity contribution < 1.29 is 28.9 Å². The number of hydrogen-bond donors (Lipinski definition) is 1. The van der Waals surface area contributed by atoms with E-state index < -0.39 is 22.9 Å². The summed E-state index contributed by atoms with van der Waals surface area (Å²) in [4.78, 5) is 25.8. The Morgan fingerprint density at radius 1 is 0.694 bits per heavy atom. The normalized spacial score (nSPS) is 52.5. The topological polar surface area (TPSA) is 82.1 Å². The minimum atomic E-state index is -0.796. The second-order valence-corrected chi connectivity index (χ2v) is 14.5. The maximum atomic E-state index is 12.9. The third-order valence-corrected chi connectivity index (χ3v) is 12.1. The maximum absolute atomic E-state index is 12.9. The molecule has 0 radical (unpaired) electrons. The fourth-order valence-corrected chi connectivity index (χ4v) is 9.06. The molecule has 0 aromatic heterocycles. The van der Waals surface area contributed by atoms with Gasteiger partial charge in [0.2, 0.25) is 0 Å². The van der Waals surface area contributed by atoms with Crippen molar-refractivity contribution >= 4 is 11.6 Å². The van der Waals surface area contributed by atoms with Crippen LogP contribution in [0.15, 0.2) is 0 Å². The minimum absolute atomic E-state index is 0.0388. The van der Waals surface area contributed by atoms with Crippen LogP contribution < -0.4 is 0 Å². The third kappa shape index (κ3) is 3.42. The number of ketones is 2. The van der Waals surface area contributed by atoms with E-state index in [0.717, 1.165) is 32.1 Å². The molecule has 3 aliphatic heterocycles. The Balaban J connectivity index is 1.51. The summed E-state index contributed by atoms with van der Waals surface area (Å²) in [5.41, 5.74) is -3.10. The van der Waals surface area contributed by atoms with Crippen molar-refractivity contribution in [2.75, 3.05) is 0 Å². The summed E-state index contributed by atoms with van der Waals surface area (Å²) in [6, 6.07) is 0. The molecule has 0 aromatic carbocycles. The van der Waals surface area contributed by atoms with Crippen molar-refractivity contribution in [1.29, 1.82) is 0 Å². The fraction of sp³-hybridized carbons (Fsp3) is 0.933. The Bertz CT molecular complexity index is 942. The molecule has 6 nitrogen and oxygen atoms in total. The summed E-state index contributed by atoms with van der Waals surface area (Å²) in [6.45, 7) is 16.6. The van der Waals surface area contributed by atoms with Crippen LogP contribution in [0.3, 0.4) is 0 Å². The Labute approximate surface area is 217 Å². The van der Waals surface area contributed by atoms with Crippen LogP contribution in [-0.2, 0) is 23.8 Å². The van der Waals surface area contributed by atoms with Gasteiger partial charge in [-0.2, -0.15) is 0 Å². The molecule has 5 aliphatic rings. The number of hydrogen-bond acceptors (Lipinski definition) is 6. The van der Waals surface area contributed by atoms with Gasteiger partial charge in [-0.15, -0.1) is 0 Å². The molecule has 6 heteroatoms. The fourth-order valence-electron chi connectivity index (χ4n) is 9.06. The Kier molecular flexibility index (Phi) is 6.02. The van der Waals surface area contributed by atoms with Crippen LogP contribution in [0.25, 0.3) is 0 Å². The van der Waals surface area contributed by atoms with Crippen molar-refractivity contribution in [1.82, 2.24) is 0 Å². The molecular formula is C30H48O6. The van der Waals surface area contributed by atoms with Crippen LogP contribution in [-0.4, -0.2) is 57.9 Å². The molecule has 5 rings (SSSR count). The second kappa shape index (κ2) is 8.09. The lowest BCUT2D eigenvalue weighted by atomic mass is 9.55. The van der Waals surface area contributed by atoms with Crippen molar-refractivity contribution in [2.24, 2.45) is 22.2 Å². The van der Waals surface area contributed by atoms with Gasteiger partial charge in [-0.05, 0) is 72.1 Å². The molecule has 204 valence electrons. The molecule has 36 heavy (non-hydrogen) atoms. The summed E-state index contributed by atoms with van der Waals surface area (Å²) in [7, 11) is 0. The predicted octanol–water partition coefficient (Wildman–Crippen LogP) is 5.17. The second-order valence-electron chi connectivity index (χ2n) is 14.5. The van der Waals surface area contributed by atoms with Gasteiger partial charge in [0.05, 0.1) is 30.0 Å². The van der Waals surface area contributed by atoms with E-state index in [2.05, 4.69) is 27.7 Å². The number of carbonyl (C=O) groups excluding carboxylic acids is 2. The molecule has 5 fully saturated rings. The number of fused-ring (bicyclic) bond motifs is 3. The van der Waals surface area contributed by atoms with Crippen molar-refractivity contribution in [3.63, 3.8) is 0 Å². The summed E-state index contributed by atoms with van der Waals surface area (Å²) in [6.07, 6.45) is 5.52. The minimum Gasteiger partial charge on any atom is -0.390 e. The van der Waals surface area contributed by atoms with Crippen LogP contribution in [0.2, 0.25) is 0 Å². The smallest absolute Gasteiger partial charge is 0.164 e. The number of aliphatic hydroxyl groups excluding tert-OH is 1. The third-order valence-electron chi connectivity index (χ3n) is 12.1. The highest BCUT2D eigenvalue weighted by molar-refractivity contribution is 5.87. The van der Waals surface area contributed by atoms with Gasteiger partial charge < -0.3 is 19.3 Å². The first-order valence-electron chi connectivity index (χ1n) is 14.3. The number of rotatable bonds is 1. The van der Waals surface area contributed by atoms with E-state index in [0.29, 0.717) is 25.7 Å². The molecule has 3 heterocycles. The summed E-state index contributed by atoms with van der Waals surface area (Å²) in [5, 5.41) is 11.8. The average Bonchev–Trinajstić information content (AvgIpc) is 3.22. The number of carbonyl (C=O) groups is 2. The first kappa shape index (κ1) is 26.8. The van der Waals surface area contributed by atoms with Gasteiger partial charge in [-0.1, -0.05) is 27.7 Å². The molecule has 1 N–H and O–H groups in total. The lowest BCUT2D eigenvalue weighted by Crippen LogP contribution is -2.61. The number of Topliss-reactive ketones (excluding diaryl/α,β-unsaturated/α-hetero) is 2. The van der Waals surface area contributed by atoms with E-state index in [1.165, 1.54) is 0 Å². The molecule has 0 amide bonds. The van der Waals surface area contributed by atoms with Crippen molar-refractivity contribution in [2.45, 2.75) is 154 Å². The summed E-state index contributed by atoms with van der Waals surface area (Å²) in [5.74, 6) is 0.554. The first-order valence-corrected chi connectivity index (χ1v) is 14.3. The van der Waals surface area contributed by atoms with Crippen LogP contribution in [0, 0.1) is 22.2 Å². The Morgan fingerprint density at radius 3 is 1.81 bits per heavy atom. The molecular weight excluding hydrogens is 456 g/mol. The first-order chi connectivity index (χ1) is 16.5. The van der Waals surface area contributed by atoms with Gasteiger partial charge in [0.1, 0.15) is 11.2 Å². The van der Waals surface area contributed by atoms with Crippen LogP contribution >= 0.6 is 0 Å².